The van der Waals surface area contributed by atoms with E-state index >= 15 is 0 Å². The number of aromatic nitrogens is 2. The van der Waals surface area contributed by atoms with E-state index in [-0.39, 0.29) is 5.56 Å². The summed E-state index contributed by atoms with van der Waals surface area (Å²) in [5.41, 5.74) is 2.08. The predicted molar refractivity (Wildman–Crippen MR) is 97.8 cm³/mol. The van der Waals surface area contributed by atoms with Gasteiger partial charge in [-0.15, -0.1) is 0 Å². The maximum Gasteiger partial charge on any atom is 0.341 e. The number of aryl methyl sites for hydroxylation is 1. The fraction of sp³-hybridized carbons (Fsp3) is 0.150. The molecule has 1 aromatic heterocycles. The maximum absolute atomic E-state index is 13.5. The first-order valence-corrected chi connectivity index (χ1v) is 8.31. The average molecular weight is 367 g/mol. The second kappa shape index (κ2) is 8.27. The van der Waals surface area contributed by atoms with E-state index in [1.54, 1.807) is 29.9 Å². The molecule has 1 amide bonds. The van der Waals surface area contributed by atoms with Gasteiger partial charge < -0.3 is 10.1 Å². The van der Waals surface area contributed by atoms with E-state index in [2.05, 4.69) is 10.4 Å². The van der Waals surface area contributed by atoms with Gasteiger partial charge in [0.25, 0.3) is 5.91 Å². The molecule has 0 aliphatic carbocycles. The van der Waals surface area contributed by atoms with Gasteiger partial charge in [0.2, 0.25) is 0 Å². The number of nitrogens with zero attached hydrogens (tertiary/aromatic N) is 2. The van der Waals surface area contributed by atoms with Gasteiger partial charge in [-0.05, 0) is 30.2 Å². The number of hydrogen-bond acceptors (Lipinski definition) is 4. The van der Waals surface area contributed by atoms with Crippen LogP contribution in [0.25, 0.3) is 0 Å². The van der Waals surface area contributed by atoms with Crippen LogP contribution in [0.15, 0.2) is 60.9 Å². The fourth-order valence-electron chi connectivity index (χ4n) is 2.41. The number of esters is 1. The highest BCUT2D eigenvalue weighted by atomic mass is 19.1. The van der Waals surface area contributed by atoms with Gasteiger partial charge in [0.15, 0.2) is 6.61 Å². The fourth-order valence-corrected chi connectivity index (χ4v) is 2.41. The minimum absolute atomic E-state index is 0.250. The molecular weight excluding hydrogens is 349 g/mol. The molecule has 7 heteroatoms. The lowest BCUT2D eigenvalue weighted by Crippen LogP contribution is -2.20. The summed E-state index contributed by atoms with van der Waals surface area (Å²) in [6, 6.07) is 14.0. The van der Waals surface area contributed by atoms with Crippen molar-refractivity contribution in [3.8, 4) is 0 Å². The number of carbonyl (C=O) groups is 2. The zero-order valence-electron chi connectivity index (χ0n) is 14.7. The highest BCUT2D eigenvalue weighted by Gasteiger charge is 2.13. The summed E-state index contributed by atoms with van der Waals surface area (Å²) in [5, 5.41) is 6.60. The maximum atomic E-state index is 13.5. The SMILES string of the molecule is Cc1ccc(NC(=O)COC(=O)c2cnn(Cc3ccccc3)c2)cc1F. The summed E-state index contributed by atoms with van der Waals surface area (Å²) in [4.78, 5) is 23.9. The van der Waals surface area contributed by atoms with Gasteiger partial charge >= 0.3 is 5.97 Å². The summed E-state index contributed by atoms with van der Waals surface area (Å²) in [7, 11) is 0. The lowest BCUT2D eigenvalue weighted by Gasteiger charge is -2.07. The molecule has 1 heterocycles. The van der Waals surface area contributed by atoms with Gasteiger partial charge in [-0.2, -0.15) is 5.10 Å². The van der Waals surface area contributed by atoms with Crippen LogP contribution in [0.3, 0.4) is 0 Å². The first-order chi connectivity index (χ1) is 13.0. The lowest BCUT2D eigenvalue weighted by molar-refractivity contribution is -0.119. The molecule has 2 aromatic carbocycles. The average Bonchev–Trinajstić information content (AvgIpc) is 3.12. The molecule has 0 aliphatic rings. The standard InChI is InChI=1S/C20H18FN3O3/c1-14-7-8-17(9-18(14)21)23-19(25)13-27-20(26)16-10-22-24(12-16)11-15-5-3-2-4-6-15/h2-10,12H,11,13H2,1H3,(H,23,25). The number of nitrogens with one attached hydrogen (secondary N) is 1. The van der Waals surface area contributed by atoms with Crippen LogP contribution in [0.5, 0.6) is 0 Å². The molecule has 0 fully saturated rings. The van der Waals surface area contributed by atoms with Crippen LogP contribution >= 0.6 is 0 Å². The Morgan fingerprint density at radius 3 is 2.70 bits per heavy atom. The first kappa shape index (κ1) is 18.3. The molecule has 0 aliphatic heterocycles. The molecule has 0 saturated heterocycles. The third kappa shape index (κ3) is 5.01. The summed E-state index contributed by atoms with van der Waals surface area (Å²) >= 11 is 0. The van der Waals surface area contributed by atoms with Crippen molar-refractivity contribution in [1.82, 2.24) is 9.78 Å². The second-order valence-electron chi connectivity index (χ2n) is 6.00. The Kier molecular flexibility index (Phi) is 5.61. The lowest BCUT2D eigenvalue weighted by atomic mass is 10.2. The molecule has 0 bridgehead atoms. The Balaban J connectivity index is 1.51. The Morgan fingerprint density at radius 2 is 1.96 bits per heavy atom. The summed E-state index contributed by atoms with van der Waals surface area (Å²) in [6.07, 6.45) is 2.95. The van der Waals surface area contributed by atoms with E-state index < -0.39 is 24.3 Å². The van der Waals surface area contributed by atoms with Crippen LogP contribution in [-0.2, 0) is 16.1 Å². The van der Waals surface area contributed by atoms with Gasteiger partial charge in [-0.25, -0.2) is 9.18 Å². The molecule has 3 rings (SSSR count). The number of ether oxygens (including phenoxy) is 1. The zero-order chi connectivity index (χ0) is 19.2. The van der Waals surface area contributed by atoms with Crippen molar-refractivity contribution in [2.45, 2.75) is 13.5 Å². The van der Waals surface area contributed by atoms with Crippen LogP contribution in [0, 0.1) is 12.7 Å². The topological polar surface area (TPSA) is 73.2 Å². The molecule has 1 N–H and O–H groups in total. The molecule has 0 atom stereocenters. The van der Waals surface area contributed by atoms with Crippen molar-refractivity contribution in [3.63, 3.8) is 0 Å². The number of carbonyl (C=O) groups excluding carboxylic acids is 2. The van der Waals surface area contributed by atoms with Crippen molar-refractivity contribution >= 4 is 17.6 Å². The van der Waals surface area contributed by atoms with Gasteiger partial charge in [0.05, 0.1) is 18.3 Å². The number of hydrogen-bond donors (Lipinski definition) is 1. The zero-order valence-corrected chi connectivity index (χ0v) is 14.7. The molecular formula is C20H18FN3O3. The Morgan fingerprint density at radius 1 is 1.19 bits per heavy atom. The number of amides is 1. The third-order valence-electron chi connectivity index (χ3n) is 3.85. The first-order valence-electron chi connectivity index (χ1n) is 8.31. The summed E-state index contributed by atoms with van der Waals surface area (Å²) < 4.78 is 20.1. The van der Waals surface area contributed by atoms with Gasteiger partial charge in [-0.3, -0.25) is 9.48 Å². The Bertz CT molecular complexity index is 954. The molecule has 3 aromatic rings. The summed E-state index contributed by atoms with van der Waals surface area (Å²) in [6.45, 7) is 1.67. The monoisotopic (exact) mass is 367 g/mol. The van der Waals surface area contributed by atoms with Gasteiger partial charge in [0, 0.05) is 11.9 Å². The van der Waals surface area contributed by atoms with E-state index in [0.717, 1.165) is 5.56 Å². The smallest absolute Gasteiger partial charge is 0.341 e. The van der Waals surface area contributed by atoms with Crippen molar-refractivity contribution < 1.29 is 18.7 Å². The van der Waals surface area contributed by atoms with E-state index in [9.17, 15) is 14.0 Å². The molecule has 6 nitrogen and oxygen atoms in total. The van der Waals surface area contributed by atoms with Gasteiger partial charge in [0.1, 0.15) is 5.82 Å². The van der Waals surface area contributed by atoms with Crippen molar-refractivity contribution in [3.05, 3.63) is 83.4 Å². The van der Waals surface area contributed by atoms with Crippen molar-refractivity contribution in [2.75, 3.05) is 11.9 Å². The van der Waals surface area contributed by atoms with E-state index in [4.69, 9.17) is 4.74 Å². The van der Waals surface area contributed by atoms with Crippen LogP contribution in [0.4, 0.5) is 10.1 Å². The minimum Gasteiger partial charge on any atom is -0.452 e. The van der Waals surface area contributed by atoms with Crippen LogP contribution in [0.2, 0.25) is 0 Å². The minimum atomic E-state index is -0.653. The molecule has 138 valence electrons. The van der Waals surface area contributed by atoms with E-state index in [0.29, 0.717) is 17.8 Å². The molecule has 0 unspecified atom stereocenters. The summed E-state index contributed by atoms with van der Waals surface area (Å²) in [5.74, 6) is -1.63. The Hall–Kier alpha value is -3.48. The molecule has 0 spiro atoms. The highest BCUT2D eigenvalue weighted by Crippen LogP contribution is 2.13. The van der Waals surface area contributed by atoms with Crippen LogP contribution < -0.4 is 5.32 Å². The molecule has 27 heavy (non-hydrogen) atoms. The normalized spacial score (nSPS) is 10.4. The molecule has 0 radical (unpaired) electrons. The quantitative estimate of drug-likeness (QED) is 0.679. The van der Waals surface area contributed by atoms with E-state index in [1.807, 2.05) is 30.3 Å². The number of anilines is 1. The number of rotatable bonds is 6. The van der Waals surface area contributed by atoms with Crippen LogP contribution in [-0.4, -0.2) is 28.3 Å². The Labute approximate surface area is 155 Å². The number of halogens is 1. The third-order valence-corrected chi connectivity index (χ3v) is 3.85. The predicted octanol–water partition coefficient (Wildman–Crippen LogP) is 3.17. The number of benzene rings is 2. The van der Waals surface area contributed by atoms with Crippen molar-refractivity contribution in [1.29, 1.82) is 0 Å². The van der Waals surface area contributed by atoms with Crippen LogP contribution in [0.1, 0.15) is 21.5 Å². The van der Waals surface area contributed by atoms with E-state index in [1.165, 1.54) is 12.3 Å². The highest BCUT2D eigenvalue weighted by molar-refractivity contribution is 5.95. The van der Waals surface area contributed by atoms with Crippen molar-refractivity contribution in [2.24, 2.45) is 0 Å². The second-order valence-corrected chi connectivity index (χ2v) is 6.00. The molecule has 0 saturated carbocycles. The van der Waals surface area contributed by atoms with Gasteiger partial charge in [-0.1, -0.05) is 36.4 Å². The largest absolute Gasteiger partial charge is 0.452 e.